The predicted octanol–water partition coefficient (Wildman–Crippen LogP) is 2.23. The van der Waals surface area contributed by atoms with Crippen molar-refractivity contribution in [3.8, 4) is 0 Å². The Morgan fingerprint density at radius 3 is 2.19 bits per heavy atom. The Morgan fingerprint density at radius 1 is 0.871 bits per heavy atom. The zero-order valence-electron chi connectivity index (χ0n) is 17.8. The molecule has 0 bridgehead atoms. The Balaban J connectivity index is 1.34. The lowest BCUT2D eigenvalue weighted by Gasteiger charge is -2.36. The number of anilines is 2. The van der Waals surface area contributed by atoms with Gasteiger partial charge in [-0.25, -0.2) is 0 Å². The Morgan fingerprint density at radius 2 is 1.55 bits per heavy atom. The Bertz CT molecular complexity index is 917. The normalized spacial score (nSPS) is 21.6. The highest BCUT2D eigenvalue weighted by molar-refractivity contribution is 5.96. The molecule has 1 saturated heterocycles. The zero-order chi connectivity index (χ0) is 21.8. The summed E-state index contributed by atoms with van der Waals surface area (Å²) < 4.78 is 0. The fourth-order valence-electron chi connectivity index (χ4n) is 4.43. The first kappa shape index (κ1) is 21.2. The summed E-state index contributed by atoms with van der Waals surface area (Å²) in [6.45, 7) is 2.69. The lowest BCUT2D eigenvalue weighted by atomic mass is 9.91. The number of nitrogens with zero attached hydrogens (tertiary/aromatic N) is 2. The maximum atomic E-state index is 12.6. The van der Waals surface area contributed by atoms with Crippen LogP contribution in [0.25, 0.3) is 0 Å². The molecule has 1 saturated carbocycles. The molecule has 7 nitrogen and oxygen atoms in total. The second-order valence-electron chi connectivity index (χ2n) is 8.50. The number of piperazine rings is 1. The minimum absolute atomic E-state index is 0.0592. The van der Waals surface area contributed by atoms with E-state index in [9.17, 15) is 9.59 Å². The molecule has 2 aliphatic rings. The van der Waals surface area contributed by atoms with Crippen LogP contribution in [0.3, 0.4) is 0 Å². The monoisotopic (exact) mass is 421 g/mol. The van der Waals surface area contributed by atoms with Gasteiger partial charge < -0.3 is 26.6 Å². The Hall–Kier alpha value is -3.06. The molecule has 5 N–H and O–H groups in total. The lowest BCUT2D eigenvalue weighted by molar-refractivity contribution is 0.0746. The van der Waals surface area contributed by atoms with Gasteiger partial charge in [-0.2, -0.15) is 0 Å². The van der Waals surface area contributed by atoms with Crippen molar-refractivity contribution in [2.24, 2.45) is 5.73 Å². The molecule has 2 aromatic rings. The smallest absolute Gasteiger partial charge is 0.253 e. The zero-order valence-corrected chi connectivity index (χ0v) is 17.8. The van der Waals surface area contributed by atoms with E-state index in [1.807, 2.05) is 47.4 Å². The lowest BCUT2D eigenvalue weighted by Crippen LogP contribution is -2.49. The van der Waals surface area contributed by atoms with Crippen LogP contribution in [0.5, 0.6) is 0 Å². The van der Waals surface area contributed by atoms with Gasteiger partial charge in [0.15, 0.2) is 0 Å². The van der Waals surface area contributed by atoms with Crippen LogP contribution in [0.1, 0.15) is 46.4 Å². The van der Waals surface area contributed by atoms with Crippen LogP contribution in [0.4, 0.5) is 11.4 Å². The van der Waals surface area contributed by atoms with Gasteiger partial charge in [-0.05, 0) is 56.0 Å². The van der Waals surface area contributed by atoms with Crippen molar-refractivity contribution < 1.29 is 9.59 Å². The highest BCUT2D eigenvalue weighted by Crippen LogP contribution is 2.26. The van der Waals surface area contributed by atoms with Crippen molar-refractivity contribution in [3.05, 3.63) is 59.7 Å². The third-order valence-electron chi connectivity index (χ3n) is 6.33. The topological polar surface area (TPSA) is 105 Å². The number of carbonyl (C=O) groups excluding carboxylic acids is 2. The van der Waals surface area contributed by atoms with E-state index in [0.29, 0.717) is 43.0 Å². The summed E-state index contributed by atoms with van der Waals surface area (Å²) in [5.74, 6) is -0.0269. The number of benzene rings is 2. The van der Waals surface area contributed by atoms with Gasteiger partial charge >= 0.3 is 0 Å². The molecule has 31 heavy (non-hydrogen) atoms. The third-order valence-corrected chi connectivity index (χ3v) is 6.33. The van der Waals surface area contributed by atoms with Crippen molar-refractivity contribution in [3.63, 3.8) is 0 Å². The number of nitrogens with one attached hydrogen (secondary N) is 1. The number of nitrogen functional groups attached to an aromatic ring is 1. The van der Waals surface area contributed by atoms with Crippen LogP contribution in [0, 0.1) is 0 Å². The van der Waals surface area contributed by atoms with Crippen molar-refractivity contribution in [2.45, 2.75) is 37.8 Å². The van der Waals surface area contributed by atoms with Crippen molar-refractivity contribution in [1.82, 2.24) is 10.2 Å². The molecular weight excluding hydrogens is 390 g/mol. The molecule has 0 atom stereocenters. The van der Waals surface area contributed by atoms with Gasteiger partial charge in [0.2, 0.25) is 0 Å². The molecule has 1 heterocycles. The highest BCUT2D eigenvalue weighted by atomic mass is 16.2. The molecule has 164 valence electrons. The molecule has 2 amide bonds. The second kappa shape index (κ2) is 9.39. The molecule has 1 aliphatic heterocycles. The molecule has 0 spiro atoms. The van der Waals surface area contributed by atoms with Gasteiger partial charge in [0.25, 0.3) is 11.8 Å². The standard InChI is InChI=1S/C24H31N5O2/c25-19-7-9-20(10-8-19)27-23(30)18-6-11-22(21(26)16-18)28-12-14-29(15-13-28)24(31)17-4-2-1-3-5-17/h1-6,11,16,19-20H,7-10,12-15,25-26H2,(H,27,30). The van der Waals surface area contributed by atoms with Crippen LogP contribution in [-0.4, -0.2) is 55.0 Å². The minimum atomic E-state index is -0.0861. The second-order valence-corrected chi connectivity index (χ2v) is 8.50. The first-order chi connectivity index (χ1) is 15.0. The molecule has 0 radical (unpaired) electrons. The molecule has 7 heteroatoms. The van der Waals surface area contributed by atoms with Crippen LogP contribution >= 0.6 is 0 Å². The Kier molecular flexibility index (Phi) is 6.42. The van der Waals surface area contributed by atoms with Crippen LogP contribution in [-0.2, 0) is 0 Å². The fourth-order valence-corrected chi connectivity index (χ4v) is 4.43. The van der Waals surface area contributed by atoms with E-state index in [0.717, 1.165) is 31.4 Å². The SMILES string of the molecule is Nc1cc(C(=O)NC2CCC(N)CC2)ccc1N1CCN(C(=O)c2ccccc2)CC1. The number of amides is 2. The summed E-state index contributed by atoms with van der Waals surface area (Å²) in [5.41, 5.74) is 15.0. The van der Waals surface area contributed by atoms with E-state index in [2.05, 4.69) is 10.2 Å². The molecular formula is C24H31N5O2. The van der Waals surface area contributed by atoms with Gasteiger partial charge in [0.05, 0.1) is 11.4 Å². The average molecular weight is 422 g/mol. The maximum Gasteiger partial charge on any atom is 0.253 e. The number of rotatable bonds is 4. The van der Waals surface area contributed by atoms with E-state index in [1.54, 1.807) is 6.07 Å². The Labute approximate surface area is 183 Å². The summed E-state index contributed by atoms with van der Waals surface area (Å²) >= 11 is 0. The molecule has 2 aromatic carbocycles. The molecule has 1 aliphatic carbocycles. The average Bonchev–Trinajstić information content (AvgIpc) is 2.81. The first-order valence-electron chi connectivity index (χ1n) is 11.1. The number of nitrogens with two attached hydrogens (primary N) is 2. The van der Waals surface area contributed by atoms with Gasteiger partial charge in [-0.15, -0.1) is 0 Å². The first-order valence-corrected chi connectivity index (χ1v) is 11.1. The summed E-state index contributed by atoms with van der Waals surface area (Å²) in [4.78, 5) is 29.3. The summed E-state index contributed by atoms with van der Waals surface area (Å²) in [7, 11) is 0. The van der Waals surface area contributed by atoms with E-state index < -0.39 is 0 Å². The van der Waals surface area contributed by atoms with E-state index in [-0.39, 0.29) is 23.9 Å². The summed E-state index contributed by atoms with van der Waals surface area (Å²) in [6.07, 6.45) is 3.74. The van der Waals surface area contributed by atoms with Crippen LogP contribution < -0.4 is 21.7 Å². The molecule has 2 fully saturated rings. The summed E-state index contributed by atoms with van der Waals surface area (Å²) in [5, 5.41) is 3.11. The van der Waals surface area contributed by atoms with Crippen molar-refractivity contribution in [2.75, 3.05) is 36.8 Å². The highest BCUT2D eigenvalue weighted by Gasteiger charge is 2.24. The van der Waals surface area contributed by atoms with Crippen molar-refractivity contribution >= 4 is 23.2 Å². The fraction of sp³-hybridized carbons (Fsp3) is 0.417. The quantitative estimate of drug-likeness (QED) is 0.657. The van der Waals surface area contributed by atoms with Crippen LogP contribution in [0.15, 0.2) is 48.5 Å². The molecule has 0 unspecified atom stereocenters. The number of carbonyl (C=O) groups is 2. The van der Waals surface area contributed by atoms with Gasteiger partial charge in [-0.3, -0.25) is 9.59 Å². The molecule has 4 rings (SSSR count). The maximum absolute atomic E-state index is 12.6. The van der Waals surface area contributed by atoms with Gasteiger partial charge in [0.1, 0.15) is 0 Å². The van der Waals surface area contributed by atoms with Crippen LogP contribution in [0.2, 0.25) is 0 Å². The van der Waals surface area contributed by atoms with Gasteiger partial charge in [0, 0.05) is 49.4 Å². The predicted molar refractivity (Wildman–Crippen MR) is 123 cm³/mol. The van der Waals surface area contributed by atoms with Crippen molar-refractivity contribution in [1.29, 1.82) is 0 Å². The largest absolute Gasteiger partial charge is 0.397 e. The molecule has 0 aromatic heterocycles. The van der Waals surface area contributed by atoms with E-state index in [4.69, 9.17) is 11.5 Å². The summed E-state index contributed by atoms with van der Waals surface area (Å²) in [6, 6.07) is 15.3. The number of hydrogen-bond donors (Lipinski definition) is 3. The minimum Gasteiger partial charge on any atom is -0.397 e. The van der Waals surface area contributed by atoms with E-state index in [1.165, 1.54) is 0 Å². The third kappa shape index (κ3) is 4.99. The van der Waals surface area contributed by atoms with E-state index >= 15 is 0 Å². The number of hydrogen-bond acceptors (Lipinski definition) is 5. The van der Waals surface area contributed by atoms with Gasteiger partial charge in [-0.1, -0.05) is 18.2 Å².